The van der Waals surface area contributed by atoms with Crippen LogP contribution < -0.4 is 9.46 Å². The van der Waals surface area contributed by atoms with E-state index in [1.165, 1.54) is 6.07 Å². The monoisotopic (exact) mass is 688 g/mol. The lowest BCUT2D eigenvalue weighted by Gasteiger charge is -2.26. The van der Waals surface area contributed by atoms with Gasteiger partial charge in [-0.05, 0) is 80.7 Å². The van der Waals surface area contributed by atoms with Gasteiger partial charge in [0.25, 0.3) is 5.91 Å². The number of halogens is 3. The van der Waals surface area contributed by atoms with Crippen LogP contribution in [-0.4, -0.2) is 87.9 Å². The number of sulfonamides is 1. The molecule has 2 amide bonds. The molecule has 2 saturated carbocycles. The number of nitrogens with one attached hydrogen (secondary N) is 1. The van der Waals surface area contributed by atoms with E-state index in [0.717, 1.165) is 59.9 Å². The van der Waals surface area contributed by atoms with Crippen LogP contribution in [0.25, 0.3) is 22.2 Å². The van der Waals surface area contributed by atoms with E-state index in [1.54, 1.807) is 18.1 Å². The van der Waals surface area contributed by atoms with Crippen molar-refractivity contribution in [3.63, 3.8) is 0 Å². The molecule has 1 N–H and O–H groups in total. The van der Waals surface area contributed by atoms with E-state index >= 15 is 0 Å². The molecule has 2 aliphatic carbocycles. The highest BCUT2D eigenvalue weighted by molar-refractivity contribution is 7.90. The summed E-state index contributed by atoms with van der Waals surface area (Å²) < 4.78 is 72.7. The summed E-state index contributed by atoms with van der Waals surface area (Å²) in [6.07, 6.45) is -0.260. The van der Waals surface area contributed by atoms with Gasteiger partial charge >= 0.3 is 6.18 Å². The molecular formula is C35H43F3N4O5S. The Labute approximate surface area is 279 Å². The summed E-state index contributed by atoms with van der Waals surface area (Å²) in [6, 6.07) is 11.0. The van der Waals surface area contributed by atoms with Gasteiger partial charge in [-0.25, -0.2) is 13.1 Å². The number of carbonyl (C=O) groups excluding carboxylic acids is 2. The second kappa shape index (κ2) is 12.7. The number of benzene rings is 2. The predicted molar refractivity (Wildman–Crippen MR) is 178 cm³/mol. The molecule has 2 unspecified atom stereocenters. The topological polar surface area (TPSA) is 101 Å². The van der Waals surface area contributed by atoms with Crippen molar-refractivity contribution in [1.82, 2.24) is 19.1 Å². The standard InChI is InChI=1S/C35H43F3N4O5S/c1-40(2)15-16-41(3)33(44)34-20-28(34)27-19-24(47-4)11-13-25(27)31-30(22-8-6-5-7-9-22)26-12-10-23(18-29(26)42(31)21-34)32(43)39-48(45,46)17-14-35(36,37)38/h10-13,18-19,22,28H,5-9,14-17,20-21H2,1-4H3,(H,39,43). The number of hydrogen-bond donors (Lipinski definition) is 1. The van der Waals surface area contributed by atoms with E-state index in [1.807, 2.05) is 49.0 Å². The van der Waals surface area contributed by atoms with E-state index in [9.17, 15) is 31.2 Å². The van der Waals surface area contributed by atoms with Crippen molar-refractivity contribution in [3.05, 3.63) is 53.1 Å². The first-order valence-electron chi connectivity index (χ1n) is 16.5. The Morgan fingerprint density at radius 3 is 2.44 bits per heavy atom. The Morgan fingerprint density at radius 1 is 1.04 bits per heavy atom. The van der Waals surface area contributed by atoms with Crippen LogP contribution >= 0.6 is 0 Å². The van der Waals surface area contributed by atoms with Crippen LogP contribution in [0.3, 0.4) is 0 Å². The third kappa shape index (κ3) is 6.55. The fraction of sp³-hybridized carbons (Fsp3) is 0.543. The number of alkyl halides is 3. The van der Waals surface area contributed by atoms with Gasteiger partial charge in [-0.1, -0.05) is 25.3 Å². The zero-order chi connectivity index (χ0) is 34.6. The van der Waals surface area contributed by atoms with E-state index in [-0.39, 0.29) is 23.3 Å². The first kappa shape index (κ1) is 34.3. The van der Waals surface area contributed by atoms with Crippen molar-refractivity contribution < 1.29 is 35.9 Å². The molecule has 0 saturated heterocycles. The van der Waals surface area contributed by atoms with Crippen LogP contribution in [0.5, 0.6) is 5.75 Å². The van der Waals surface area contributed by atoms with Crippen molar-refractivity contribution in [2.24, 2.45) is 5.41 Å². The number of aromatic nitrogens is 1. The fourth-order valence-electron chi connectivity index (χ4n) is 7.76. The van der Waals surface area contributed by atoms with Crippen LogP contribution in [0.15, 0.2) is 36.4 Å². The Kier molecular flexibility index (Phi) is 9.08. The predicted octanol–water partition coefficient (Wildman–Crippen LogP) is 5.88. The van der Waals surface area contributed by atoms with Crippen LogP contribution in [0, 0.1) is 5.41 Å². The fourth-order valence-corrected chi connectivity index (χ4v) is 8.76. The molecule has 1 aliphatic heterocycles. The molecule has 13 heteroatoms. The summed E-state index contributed by atoms with van der Waals surface area (Å²) in [6.45, 7) is 1.64. The van der Waals surface area contributed by atoms with Crippen molar-refractivity contribution in [3.8, 4) is 17.0 Å². The Bertz CT molecular complexity index is 1850. The summed E-state index contributed by atoms with van der Waals surface area (Å²) in [4.78, 5) is 31.4. The molecule has 3 aromatic rings. The average molecular weight is 689 g/mol. The van der Waals surface area contributed by atoms with Gasteiger partial charge in [0, 0.05) is 54.6 Å². The maximum Gasteiger partial charge on any atom is 0.390 e. The molecule has 9 nitrogen and oxygen atoms in total. The highest BCUT2D eigenvalue weighted by Gasteiger charge is 2.63. The smallest absolute Gasteiger partial charge is 0.390 e. The van der Waals surface area contributed by atoms with Crippen molar-refractivity contribution in [2.45, 2.75) is 69.5 Å². The summed E-state index contributed by atoms with van der Waals surface area (Å²) in [7, 11) is 2.85. The molecule has 0 spiro atoms. The quantitative estimate of drug-likeness (QED) is 0.286. The Hall–Kier alpha value is -3.58. The number of hydrogen-bond acceptors (Lipinski definition) is 6. The van der Waals surface area contributed by atoms with E-state index in [4.69, 9.17) is 4.74 Å². The normalized spacial score (nSPS) is 20.9. The highest BCUT2D eigenvalue weighted by Crippen LogP contribution is 2.66. The second-order valence-electron chi connectivity index (χ2n) is 13.9. The number of fused-ring (bicyclic) bond motifs is 7. The number of nitrogens with zero attached hydrogens (tertiary/aromatic N) is 3. The molecule has 2 aromatic carbocycles. The zero-order valence-corrected chi connectivity index (χ0v) is 28.6. The van der Waals surface area contributed by atoms with Gasteiger partial charge in [0.1, 0.15) is 5.75 Å². The maximum atomic E-state index is 14.4. The molecule has 48 heavy (non-hydrogen) atoms. The molecule has 6 rings (SSSR count). The maximum absolute atomic E-state index is 14.4. The lowest BCUT2D eigenvalue weighted by Crippen LogP contribution is -2.40. The Balaban J connectivity index is 1.50. The minimum Gasteiger partial charge on any atom is -0.497 e. The summed E-state index contributed by atoms with van der Waals surface area (Å²) in [5, 5.41) is 0.929. The first-order chi connectivity index (χ1) is 22.6. The van der Waals surface area contributed by atoms with E-state index in [0.29, 0.717) is 37.3 Å². The largest absolute Gasteiger partial charge is 0.497 e. The lowest BCUT2D eigenvalue weighted by molar-refractivity contribution is -0.136. The molecular weight excluding hydrogens is 645 g/mol. The van der Waals surface area contributed by atoms with E-state index in [2.05, 4.69) is 10.6 Å². The number of carbonyl (C=O) groups is 2. The van der Waals surface area contributed by atoms with Gasteiger partial charge in [-0.2, -0.15) is 13.2 Å². The summed E-state index contributed by atoms with van der Waals surface area (Å²) in [5.41, 5.74) is 4.21. The molecule has 2 fully saturated rings. The molecule has 2 atom stereocenters. The summed E-state index contributed by atoms with van der Waals surface area (Å²) in [5.74, 6) is -1.29. The number of ether oxygens (including phenoxy) is 1. The first-order valence-corrected chi connectivity index (χ1v) is 18.2. The Morgan fingerprint density at radius 2 is 1.77 bits per heavy atom. The molecule has 0 bridgehead atoms. The third-order valence-electron chi connectivity index (χ3n) is 10.3. The van der Waals surface area contributed by atoms with Crippen molar-refractivity contribution >= 4 is 32.7 Å². The van der Waals surface area contributed by atoms with Gasteiger partial charge < -0.3 is 19.1 Å². The minimum absolute atomic E-state index is 0.0172. The van der Waals surface area contributed by atoms with Gasteiger partial charge in [-0.15, -0.1) is 0 Å². The molecule has 3 aliphatic rings. The SMILES string of the molecule is COc1ccc2c(c1)C1CC1(C(=O)N(C)CCN(C)C)Cn1c-2c(C2CCCCC2)c2ccc(C(=O)NS(=O)(=O)CCC(F)(F)F)cc21. The van der Waals surface area contributed by atoms with Crippen molar-refractivity contribution in [1.29, 1.82) is 0 Å². The molecule has 1 aromatic heterocycles. The summed E-state index contributed by atoms with van der Waals surface area (Å²) >= 11 is 0. The van der Waals surface area contributed by atoms with Crippen molar-refractivity contribution in [2.75, 3.05) is 47.1 Å². The number of rotatable bonds is 10. The van der Waals surface area contributed by atoms with Crippen LogP contribution in [0.1, 0.15) is 78.3 Å². The third-order valence-corrected chi connectivity index (χ3v) is 11.6. The van der Waals surface area contributed by atoms with Crippen LogP contribution in [0.4, 0.5) is 13.2 Å². The molecule has 0 radical (unpaired) electrons. The second-order valence-corrected chi connectivity index (χ2v) is 15.8. The average Bonchev–Trinajstić information content (AvgIpc) is 3.71. The van der Waals surface area contributed by atoms with E-state index < -0.39 is 39.7 Å². The zero-order valence-electron chi connectivity index (χ0n) is 27.8. The number of methoxy groups -OCH3 is 1. The van der Waals surface area contributed by atoms with Crippen LogP contribution in [-0.2, 0) is 21.4 Å². The number of amides is 2. The van der Waals surface area contributed by atoms with Gasteiger partial charge in [0.15, 0.2) is 0 Å². The minimum atomic E-state index is -4.68. The highest BCUT2D eigenvalue weighted by atomic mass is 32.2. The lowest BCUT2D eigenvalue weighted by atomic mass is 9.81. The van der Waals surface area contributed by atoms with Gasteiger partial charge in [0.2, 0.25) is 15.9 Å². The van der Waals surface area contributed by atoms with Gasteiger partial charge in [-0.3, -0.25) is 9.59 Å². The van der Waals surface area contributed by atoms with Crippen LogP contribution in [0.2, 0.25) is 0 Å². The molecule has 260 valence electrons. The molecule has 2 heterocycles. The number of likely N-dealkylation sites (N-methyl/N-ethyl adjacent to an activating group) is 2. The van der Waals surface area contributed by atoms with Gasteiger partial charge in [0.05, 0.1) is 30.4 Å².